The minimum atomic E-state index is -0.174. The topological polar surface area (TPSA) is 89.8 Å². The number of nitrogens with zero attached hydrogens (tertiary/aromatic N) is 4. The first kappa shape index (κ1) is 17.4. The molecule has 2 N–H and O–H groups in total. The Morgan fingerprint density at radius 2 is 2.24 bits per heavy atom. The van der Waals surface area contributed by atoms with Gasteiger partial charge in [-0.3, -0.25) is 4.68 Å². The van der Waals surface area contributed by atoms with Gasteiger partial charge in [0.25, 0.3) is 0 Å². The highest BCUT2D eigenvalue weighted by molar-refractivity contribution is 5.78. The third-order valence-corrected chi connectivity index (χ3v) is 4.95. The highest BCUT2D eigenvalue weighted by atomic mass is 16.5. The van der Waals surface area contributed by atoms with Gasteiger partial charge in [-0.2, -0.15) is 10.4 Å². The Kier molecular flexibility index (Phi) is 4.53. The number of hydrogen-bond donors (Lipinski definition) is 1. The van der Waals surface area contributed by atoms with Gasteiger partial charge >= 0.3 is 0 Å². The lowest BCUT2D eigenvalue weighted by molar-refractivity contribution is -0.0598. The molecular weight excluding hydrogens is 314 g/mol. The fourth-order valence-electron chi connectivity index (χ4n) is 3.72. The smallest absolute Gasteiger partial charge is 0.142 e. The van der Waals surface area contributed by atoms with E-state index in [-0.39, 0.29) is 11.5 Å². The standard InChI is InChI=1S/C19H25N5O/c1-5-24-11-14(10-22-24)16-12(2)17(23-18(21)15(16)9-20)13-6-7-25-19(3,4)8-13/h10-11,13H,5-8H2,1-4H3,(H2,21,23)/t13-/m1/s1. The molecule has 0 spiro atoms. The molecule has 2 aromatic rings. The van der Waals surface area contributed by atoms with Crippen molar-refractivity contribution in [2.24, 2.45) is 0 Å². The molecule has 0 amide bonds. The molecule has 2 aromatic heterocycles. The van der Waals surface area contributed by atoms with Crippen LogP contribution in [-0.4, -0.2) is 27.0 Å². The molecule has 1 aliphatic heterocycles. The van der Waals surface area contributed by atoms with Gasteiger partial charge in [-0.1, -0.05) is 0 Å². The first-order valence-electron chi connectivity index (χ1n) is 8.73. The highest BCUT2D eigenvalue weighted by Crippen LogP contribution is 2.40. The molecule has 0 aromatic carbocycles. The van der Waals surface area contributed by atoms with E-state index in [1.165, 1.54) is 0 Å². The van der Waals surface area contributed by atoms with Crippen molar-refractivity contribution in [1.29, 1.82) is 5.26 Å². The average Bonchev–Trinajstić information content (AvgIpc) is 3.03. The van der Waals surface area contributed by atoms with Crippen molar-refractivity contribution in [3.63, 3.8) is 0 Å². The zero-order chi connectivity index (χ0) is 18.2. The van der Waals surface area contributed by atoms with Gasteiger partial charge < -0.3 is 10.5 Å². The molecule has 3 heterocycles. The normalized spacial score (nSPS) is 19.6. The minimum absolute atomic E-state index is 0.174. The summed E-state index contributed by atoms with van der Waals surface area (Å²) in [6.45, 7) is 9.76. The second-order valence-electron chi connectivity index (χ2n) is 7.25. The van der Waals surface area contributed by atoms with E-state index in [9.17, 15) is 5.26 Å². The SMILES string of the molecule is CCn1cc(-c2c(C)c([C@@H]3CCOC(C)(C)C3)nc(N)c2C#N)cn1. The molecule has 25 heavy (non-hydrogen) atoms. The maximum Gasteiger partial charge on any atom is 0.142 e. The van der Waals surface area contributed by atoms with Crippen molar-refractivity contribution in [3.8, 4) is 17.2 Å². The summed E-state index contributed by atoms with van der Waals surface area (Å²) < 4.78 is 7.69. The number of nitriles is 1. The maximum absolute atomic E-state index is 9.62. The summed E-state index contributed by atoms with van der Waals surface area (Å²) in [5.41, 5.74) is 10.2. The van der Waals surface area contributed by atoms with Crippen LogP contribution in [0.25, 0.3) is 11.1 Å². The van der Waals surface area contributed by atoms with Crippen LogP contribution >= 0.6 is 0 Å². The fraction of sp³-hybridized carbons (Fsp3) is 0.526. The number of pyridine rings is 1. The molecule has 0 bridgehead atoms. The number of hydrogen-bond acceptors (Lipinski definition) is 5. The minimum Gasteiger partial charge on any atom is -0.383 e. The van der Waals surface area contributed by atoms with Gasteiger partial charge in [0.05, 0.1) is 11.8 Å². The summed E-state index contributed by atoms with van der Waals surface area (Å²) in [6.07, 6.45) is 5.56. The van der Waals surface area contributed by atoms with Crippen LogP contribution in [0, 0.1) is 18.3 Å². The van der Waals surface area contributed by atoms with E-state index in [0.717, 1.165) is 41.8 Å². The maximum atomic E-state index is 9.62. The summed E-state index contributed by atoms with van der Waals surface area (Å²) in [7, 11) is 0. The van der Waals surface area contributed by atoms with E-state index >= 15 is 0 Å². The van der Waals surface area contributed by atoms with Gasteiger partial charge in [0.2, 0.25) is 0 Å². The molecule has 6 nitrogen and oxygen atoms in total. The molecule has 1 saturated heterocycles. The van der Waals surface area contributed by atoms with Crippen LogP contribution in [0.1, 0.15) is 56.4 Å². The van der Waals surface area contributed by atoms with E-state index in [0.29, 0.717) is 18.0 Å². The van der Waals surface area contributed by atoms with Gasteiger partial charge in [0.15, 0.2) is 0 Å². The number of nitrogens with two attached hydrogens (primary N) is 1. The van der Waals surface area contributed by atoms with Gasteiger partial charge in [-0.25, -0.2) is 4.98 Å². The average molecular weight is 339 g/mol. The number of aryl methyl sites for hydroxylation is 1. The lowest BCUT2D eigenvalue weighted by Crippen LogP contribution is -2.33. The second kappa shape index (κ2) is 6.49. The van der Waals surface area contributed by atoms with Crippen molar-refractivity contribution in [1.82, 2.24) is 14.8 Å². The summed E-state index contributed by atoms with van der Waals surface area (Å²) in [4.78, 5) is 4.62. The van der Waals surface area contributed by atoms with Crippen LogP contribution in [0.5, 0.6) is 0 Å². The Morgan fingerprint density at radius 3 is 2.84 bits per heavy atom. The van der Waals surface area contributed by atoms with Crippen LogP contribution in [0.2, 0.25) is 0 Å². The van der Waals surface area contributed by atoms with Crippen molar-refractivity contribution in [2.75, 3.05) is 12.3 Å². The number of aromatic nitrogens is 3. The van der Waals surface area contributed by atoms with E-state index in [2.05, 4.69) is 30.0 Å². The van der Waals surface area contributed by atoms with E-state index in [1.807, 2.05) is 24.7 Å². The Morgan fingerprint density at radius 1 is 1.48 bits per heavy atom. The van der Waals surface area contributed by atoms with Gasteiger partial charge in [-0.15, -0.1) is 0 Å². The third-order valence-electron chi connectivity index (χ3n) is 4.95. The molecule has 0 saturated carbocycles. The lowest BCUT2D eigenvalue weighted by Gasteiger charge is -2.36. The molecule has 0 radical (unpaired) electrons. The molecule has 1 fully saturated rings. The fourth-order valence-corrected chi connectivity index (χ4v) is 3.72. The first-order valence-corrected chi connectivity index (χ1v) is 8.73. The number of rotatable bonds is 3. The first-order chi connectivity index (χ1) is 11.9. The number of nitrogen functional groups attached to an aromatic ring is 1. The summed E-state index contributed by atoms with van der Waals surface area (Å²) in [6, 6.07) is 2.23. The molecule has 0 unspecified atom stereocenters. The van der Waals surface area contributed by atoms with Crippen molar-refractivity contribution < 1.29 is 4.74 Å². The van der Waals surface area contributed by atoms with E-state index < -0.39 is 0 Å². The summed E-state index contributed by atoms with van der Waals surface area (Å²) in [5.74, 6) is 0.574. The van der Waals surface area contributed by atoms with Crippen molar-refractivity contribution in [3.05, 3.63) is 29.2 Å². The zero-order valence-corrected chi connectivity index (χ0v) is 15.3. The Bertz CT molecular complexity index is 831. The zero-order valence-electron chi connectivity index (χ0n) is 15.3. The van der Waals surface area contributed by atoms with Crippen molar-refractivity contribution in [2.45, 2.75) is 58.6 Å². The molecule has 132 valence electrons. The van der Waals surface area contributed by atoms with Crippen molar-refractivity contribution >= 4 is 5.82 Å². The van der Waals surface area contributed by atoms with Crippen LogP contribution in [0.3, 0.4) is 0 Å². The lowest BCUT2D eigenvalue weighted by atomic mass is 9.82. The predicted octanol–water partition coefficient (Wildman–Crippen LogP) is 3.40. The molecule has 6 heteroatoms. The third kappa shape index (κ3) is 3.24. The second-order valence-corrected chi connectivity index (χ2v) is 7.25. The van der Waals surface area contributed by atoms with Gasteiger partial charge in [-0.05, 0) is 46.1 Å². The molecule has 3 rings (SSSR count). The van der Waals surface area contributed by atoms with E-state index in [1.54, 1.807) is 6.20 Å². The molecule has 1 aliphatic rings. The van der Waals surface area contributed by atoms with Gasteiger partial charge in [0.1, 0.15) is 17.5 Å². The Labute approximate surface area is 148 Å². The molecule has 1 atom stereocenters. The van der Waals surface area contributed by atoms with Crippen LogP contribution in [0.4, 0.5) is 5.82 Å². The molecular formula is C19H25N5O. The number of ether oxygens (including phenoxy) is 1. The highest BCUT2D eigenvalue weighted by Gasteiger charge is 2.32. The Hall–Kier alpha value is -2.39. The monoisotopic (exact) mass is 339 g/mol. The summed E-state index contributed by atoms with van der Waals surface area (Å²) >= 11 is 0. The van der Waals surface area contributed by atoms with Crippen LogP contribution in [0.15, 0.2) is 12.4 Å². The number of anilines is 1. The Balaban J connectivity index is 2.14. The van der Waals surface area contributed by atoms with E-state index in [4.69, 9.17) is 10.5 Å². The largest absolute Gasteiger partial charge is 0.383 e. The summed E-state index contributed by atoms with van der Waals surface area (Å²) in [5, 5.41) is 14.0. The molecule has 0 aliphatic carbocycles. The van der Waals surface area contributed by atoms with Crippen LogP contribution in [-0.2, 0) is 11.3 Å². The van der Waals surface area contributed by atoms with Gasteiger partial charge in [0, 0.05) is 42.1 Å². The van der Waals surface area contributed by atoms with Crippen LogP contribution < -0.4 is 5.73 Å². The quantitative estimate of drug-likeness (QED) is 0.925. The predicted molar refractivity (Wildman–Crippen MR) is 97.0 cm³/mol.